The molecule has 0 radical (unpaired) electrons. The summed E-state index contributed by atoms with van der Waals surface area (Å²) in [6.45, 7) is 6.46. The van der Waals surface area contributed by atoms with Crippen LogP contribution in [0.15, 0.2) is 72.9 Å². The summed E-state index contributed by atoms with van der Waals surface area (Å²) in [5.41, 5.74) is 0. The molecular formula is C63H110O6. The van der Waals surface area contributed by atoms with Crippen molar-refractivity contribution in [2.24, 2.45) is 0 Å². The second kappa shape index (κ2) is 57.4. The van der Waals surface area contributed by atoms with Crippen molar-refractivity contribution in [1.82, 2.24) is 0 Å². The lowest BCUT2D eigenvalue weighted by atomic mass is 10.0. The van der Waals surface area contributed by atoms with E-state index < -0.39 is 6.10 Å². The summed E-state index contributed by atoms with van der Waals surface area (Å²) in [5, 5.41) is 0. The number of carbonyl (C=O) groups is 3. The Balaban J connectivity index is 4.19. The molecule has 0 saturated carbocycles. The first-order valence-electron chi connectivity index (χ1n) is 29.4. The van der Waals surface area contributed by atoms with Crippen LogP contribution in [-0.4, -0.2) is 37.2 Å². The lowest BCUT2D eigenvalue weighted by Gasteiger charge is -2.18. The number of hydrogen-bond acceptors (Lipinski definition) is 6. The Morgan fingerprint density at radius 3 is 0.942 bits per heavy atom. The highest BCUT2D eigenvalue weighted by atomic mass is 16.6. The number of carbonyl (C=O) groups excluding carboxylic acids is 3. The third-order valence-electron chi connectivity index (χ3n) is 12.7. The van der Waals surface area contributed by atoms with Crippen molar-refractivity contribution in [3.05, 3.63) is 72.9 Å². The van der Waals surface area contributed by atoms with E-state index in [9.17, 15) is 14.4 Å². The molecule has 6 nitrogen and oxygen atoms in total. The molecule has 0 spiro atoms. The van der Waals surface area contributed by atoms with Crippen molar-refractivity contribution >= 4 is 17.9 Å². The van der Waals surface area contributed by atoms with Gasteiger partial charge >= 0.3 is 17.9 Å². The number of hydrogen-bond donors (Lipinski definition) is 0. The third-order valence-corrected chi connectivity index (χ3v) is 12.7. The minimum atomic E-state index is -0.779. The van der Waals surface area contributed by atoms with Crippen molar-refractivity contribution < 1.29 is 28.6 Å². The van der Waals surface area contributed by atoms with Crippen molar-refractivity contribution in [2.75, 3.05) is 13.2 Å². The van der Waals surface area contributed by atoms with Crippen LogP contribution in [0.3, 0.4) is 0 Å². The SMILES string of the molecule is CC/C=C\C/C=C\C/C=C\C/C=C\CCCCCCCCCCCCCCCCC(=O)OCC(COC(=O)CCCCCCCCCCCCC)OC(=O)CCCCCCC/C=C\C/C=C\CCC. The monoisotopic (exact) mass is 963 g/mol. The molecule has 1 atom stereocenters. The Kier molecular flexibility index (Phi) is 54.8. The zero-order valence-corrected chi connectivity index (χ0v) is 45.6. The Morgan fingerprint density at radius 2 is 0.594 bits per heavy atom. The Hall–Kier alpha value is -3.15. The van der Waals surface area contributed by atoms with Gasteiger partial charge in [-0.05, 0) is 83.5 Å². The molecular weight excluding hydrogens is 853 g/mol. The lowest BCUT2D eigenvalue weighted by Crippen LogP contribution is -2.30. The van der Waals surface area contributed by atoms with Gasteiger partial charge in [0.05, 0.1) is 0 Å². The number of unbranched alkanes of at least 4 members (excludes halogenated alkanes) is 30. The van der Waals surface area contributed by atoms with Gasteiger partial charge in [-0.1, -0.05) is 261 Å². The van der Waals surface area contributed by atoms with E-state index in [1.54, 1.807) is 0 Å². The molecule has 0 heterocycles. The van der Waals surface area contributed by atoms with Crippen molar-refractivity contribution in [2.45, 2.75) is 297 Å². The first kappa shape index (κ1) is 65.8. The molecule has 6 heteroatoms. The fraction of sp³-hybridized carbons (Fsp3) is 0.762. The fourth-order valence-corrected chi connectivity index (χ4v) is 8.30. The van der Waals surface area contributed by atoms with E-state index in [0.29, 0.717) is 19.3 Å². The molecule has 0 fully saturated rings. The van der Waals surface area contributed by atoms with Crippen LogP contribution >= 0.6 is 0 Å². The maximum atomic E-state index is 12.8. The van der Waals surface area contributed by atoms with Crippen LogP contribution in [0.2, 0.25) is 0 Å². The molecule has 0 saturated heterocycles. The highest BCUT2D eigenvalue weighted by Gasteiger charge is 2.19. The molecule has 0 aliphatic rings. The lowest BCUT2D eigenvalue weighted by molar-refractivity contribution is -0.167. The van der Waals surface area contributed by atoms with E-state index in [4.69, 9.17) is 14.2 Å². The topological polar surface area (TPSA) is 78.9 Å². The smallest absolute Gasteiger partial charge is 0.306 e. The van der Waals surface area contributed by atoms with Crippen LogP contribution in [0.1, 0.15) is 290 Å². The summed E-state index contributed by atoms with van der Waals surface area (Å²) in [5.74, 6) is -0.884. The van der Waals surface area contributed by atoms with Gasteiger partial charge in [-0.15, -0.1) is 0 Å². The Bertz CT molecular complexity index is 1290. The molecule has 1 unspecified atom stereocenters. The van der Waals surface area contributed by atoms with Gasteiger partial charge in [0, 0.05) is 19.3 Å². The van der Waals surface area contributed by atoms with Crippen LogP contribution in [0, 0.1) is 0 Å². The number of allylic oxidation sites excluding steroid dienone is 12. The summed E-state index contributed by atoms with van der Waals surface area (Å²) >= 11 is 0. The normalized spacial score (nSPS) is 12.6. The first-order valence-corrected chi connectivity index (χ1v) is 29.4. The average Bonchev–Trinajstić information content (AvgIpc) is 3.35. The number of rotatable bonds is 53. The van der Waals surface area contributed by atoms with Crippen LogP contribution < -0.4 is 0 Å². The fourth-order valence-electron chi connectivity index (χ4n) is 8.30. The van der Waals surface area contributed by atoms with E-state index in [1.165, 1.54) is 135 Å². The van der Waals surface area contributed by atoms with Gasteiger partial charge in [-0.2, -0.15) is 0 Å². The highest BCUT2D eigenvalue weighted by molar-refractivity contribution is 5.71. The van der Waals surface area contributed by atoms with Gasteiger partial charge in [0.1, 0.15) is 13.2 Å². The van der Waals surface area contributed by atoms with Gasteiger partial charge in [0.25, 0.3) is 0 Å². The van der Waals surface area contributed by atoms with Gasteiger partial charge < -0.3 is 14.2 Å². The molecule has 0 amide bonds. The number of ether oxygens (including phenoxy) is 3. The average molecular weight is 964 g/mol. The molecule has 0 aromatic heterocycles. The summed E-state index contributed by atoms with van der Waals surface area (Å²) in [6, 6.07) is 0. The largest absolute Gasteiger partial charge is 0.462 e. The zero-order valence-electron chi connectivity index (χ0n) is 45.6. The minimum absolute atomic E-state index is 0.0778. The van der Waals surface area contributed by atoms with Gasteiger partial charge in [0.15, 0.2) is 6.10 Å². The van der Waals surface area contributed by atoms with E-state index in [0.717, 1.165) is 116 Å². The molecule has 0 aliphatic heterocycles. The van der Waals surface area contributed by atoms with E-state index in [-0.39, 0.29) is 31.1 Å². The maximum absolute atomic E-state index is 12.8. The van der Waals surface area contributed by atoms with Crippen molar-refractivity contribution in [3.63, 3.8) is 0 Å². The van der Waals surface area contributed by atoms with Crippen molar-refractivity contribution in [1.29, 1.82) is 0 Å². The first-order chi connectivity index (χ1) is 34.0. The van der Waals surface area contributed by atoms with E-state index >= 15 is 0 Å². The summed E-state index contributed by atoms with van der Waals surface area (Å²) < 4.78 is 16.8. The van der Waals surface area contributed by atoms with Gasteiger partial charge in [-0.25, -0.2) is 0 Å². The van der Waals surface area contributed by atoms with Crippen LogP contribution in [0.25, 0.3) is 0 Å². The molecule has 398 valence electrons. The van der Waals surface area contributed by atoms with Gasteiger partial charge in [0.2, 0.25) is 0 Å². The molecule has 0 aromatic carbocycles. The Morgan fingerprint density at radius 1 is 0.304 bits per heavy atom. The van der Waals surface area contributed by atoms with Crippen LogP contribution in [0.4, 0.5) is 0 Å². The third kappa shape index (κ3) is 55.6. The Labute approximate surface area is 427 Å². The summed E-state index contributed by atoms with van der Waals surface area (Å²) in [6.07, 6.45) is 73.3. The highest BCUT2D eigenvalue weighted by Crippen LogP contribution is 2.16. The van der Waals surface area contributed by atoms with Crippen LogP contribution in [0.5, 0.6) is 0 Å². The molecule has 0 aromatic rings. The summed E-state index contributed by atoms with van der Waals surface area (Å²) in [4.78, 5) is 38.1. The number of esters is 3. The van der Waals surface area contributed by atoms with E-state index in [2.05, 4.69) is 93.7 Å². The predicted octanol–water partition coefficient (Wildman–Crippen LogP) is 19.8. The standard InChI is InChI=1S/C63H110O6/c1-4-7-10-13-16-19-22-24-25-26-27-28-29-30-31-32-33-34-35-36-37-39-41-44-47-50-53-56-62(65)68-59-60(58-67-61(64)55-52-49-46-43-40-21-18-15-12-9-6-3)69-63(66)57-54-51-48-45-42-38-23-20-17-14-11-8-5-2/h7,10-11,14,16,19-20,23-25,27-28,60H,4-6,8-9,12-13,15,17-18,21-22,26,29-59H2,1-3H3/b10-7-,14-11-,19-16-,23-20-,25-24-,28-27-. The molecule has 0 bridgehead atoms. The second-order valence-corrected chi connectivity index (χ2v) is 19.5. The zero-order chi connectivity index (χ0) is 50.0. The van der Waals surface area contributed by atoms with E-state index in [1.807, 2.05) is 0 Å². The van der Waals surface area contributed by atoms with Crippen LogP contribution in [-0.2, 0) is 28.6 Å². The molecule has 0 rings (SSSR count). The maximum Gasteiger partial charge on any atom is 0.306 e. The van der Waals surface area contributed by atoms with Gasteiger partial charge in [-0.3, -0.25) is 14.4 Å². The molecule has 0 aliphatic carbocycles. The molecule has 69 heavy (non-hydrogen) atoms. The molecule has 0 N–H and O–H groups in total. The summed E-state index contributed by atoms with van der Waals surface area (Å²) in [7, 11) is 0. The predicted molar refractivity (Wildman–Crippen MR) is 298 cm³/mol. The van der Waals surface area contributed by atoms with Crippen molar-refractivity contribution in [3.8, 4) is 0 Å². The minimum Gasteiger partial charge on any atom is -0.462 e. The second-order valence-electron chi connectivity index (χ2n) is 19.5. The quantitative estimate of drug-likeness (QED) is 0.0262.